The molecule has 0 radical (unpaired) electrons. The maximum Gasteiger partial charge on any atom is 0.242 e. The number of hydrogen-bond acceptors (Lipinski definition) is 4. The molecule has 0 saturated heterocycles. The van der Waals surface area contributed by atoms with Crippen LogP contribution < -0.4 is 10.5 Å². The lowest BCUT2D eigenvalue weighted by molar-refractivity contribution is 0.506. The quantitative estimate of drug-likeness (QED) is 0.772. The Morgan fingerprint density at radius 1 is 1.43 bits per heavy atom. The first-order valence-corrected chi connectivity index (χ1v) is 8.46. The zero-order valence-electron chi connectivity index (χ0n) is 12.1. The van der Waals surface area contributed by atoms with Crippen LogP contribution in [0.15, 0.2) is 40.0 Å². The Bertz CT molecular complexity index is 660. The third-order valence-electron chi connectivity index (χ3n) is 3.19. The molecule has 0 aromatic carbocycles. The average Bonchev–Trinajstić information content (AvgIpc) is 3.08. The SMILES string of the molecule is CCCn1cc(S(=O)(=O)NCCc2ccco2)cc1CN. The van der Waals surface area contributed by atoms with Crippen molar-refractivity contribution in [3.8, 4) is 0 Å². The van der Waals surface area contributed by atoms with Gasteiger partial charge in [-0.25, -0.2) is 13.1 Å². The van der Waals surface area contributed by atoms with E-state index < -0.39 is 10.0 Å². The fourth-order valence-corrected chi connectivity index (χ4v) is 3.23. The minimum Gasteiger partial charge on any atom is -0.469 e. The van der Waals surface area contributed by atoms with Crippen LogP contribution in [-0.2, 0) is 29.5 Å². The highest BCUT2D eigenvalue weighted by molar-refractivity contribution is 7.89. The number of nitrogens with zero attached hydrogens (tertiary/aromatic N) is 1. The van der Waals surface area contributed by atoms with Crippen LogP contribution in [0.25, 0.3) is 0 Å². The molecule has 0 atom stereocenters. The highest BCUT2D eigenvalue weighted by Gasteiger charge is 2.17. The molecule has 2 heterocycles. The van der Waals surface area contributed by atoms with Gasteiger partial charge in [-0.2, -0.15) is 0 Å². The summed E-state index contributed by atoms with van der Waals surface area (Å²) < 4.78 is 34.1. The Morgan fingerprint density at radius 3 is 2.86 bits per heavy atom. The number of nitrogens with one attached hydrogen (secondary N) is 1. The molecule has 0 bridgehead atoms. The molecule has 0 aliphatic heterocycles. The molecule has 2 rings (SSSR count). The Morgan fingerprint density at radius 2 is 2.24 bits per heavy atom. The molecule has 7 heteroatoms. The van der Waals surface area contributed by atoms with Crippen LogP contribution in [0.2, 0.25) is 0 Å². The molecule has 0 saturated carbocycles. The molecule has 116 valence electrons. The van der Waals surface area contributed by atoms with Gasteiger partial charge in [0, 0.05) is 37.9 Å². The molecule has 2 aromatic heterocycles. The lowest BCUT2D eigenvalue weighted by atomic mass is 10.3. The number of rotatable bonds is 8. The molecule has 3 N–H and O–H groups in total. The predicted molar refractivity (Wildman–Crippen MR) is 80.2 cm³/mol. The van der Waals surface area contributed by atoms with Gasteiger partial charge in [-0.1, -0.05) is 6.92 Å². The van der Waals surface area contributed by atoms with E-state index >= 15 is 0 Å². The number of aromatic nitrogens is 1. The molecule has 0 unspecified atom stereocenters. The number of aryl methyl sites for hydroxylation is 1. The molecule has 0 aliphatic carbocycles. The second-order valence-electron chi connectivity index (χ2n) is 4.79. The fourth-order valence-electron chi connectivity index (χ4n) is 2.14. The number of hydrogen-bond donors (Lipinski definition) is 2. The highest BCUT2D eigenvalue weighted by Crippen LogP contribution is 2.15. The van der Waals surface area contributed by atoms with E-state index in [0.29, 0.717) is 19.5 Å². The van der Waals surface area contributed by atoms with Crippen molar-refractivity contribution in [2.45, 2.75) is 37.8 Å². The minimum absolute atomic E-state index is 0.260. The van der Waals surface area contributed by atoms with Gasteiger partial charge in [-0.05, 0) is 24.6 Å². The largest absolute Gasteiger partial charge is 0.469 e. The maximum atomic E-state index is 12.3. The van der Waals surface area contributed by atoms with Crippen LogP contribution >= 0.6 is 0 Å². The summed E-state index contributed by atoms with van der Waals surface area (Å²) >= 11 is 0. The monoisotopic (exact) mass is 311 g/mol. The van der Waals surface area contributed by atoms with Crippen LogP contribution in [0.3, 0.4) is 0 Å². The van der Waals surface area contributed by atoms with E-state index in [2.05, 4.69) is 4.72 Å². The van der Waals surface area contributed by atoms with Gasteiger partial charge < -0.3 is 14.7 Å². The summed E-state index contributed by atoms with van der Waals surface area (Å²) in [6, 6.07) is 5.23. The zero-order valence-corrected chi connectivity index (χ0v) is 12.9. The maximum absolute atomic E-state index is 12.3. The van der Waals surface area contributed by atoms with Gasteiger partial charge in [0.1, 0.15) is 5.76 Å². The van der Waals surface area contributed by atoms with Crippen molar-refractivity contribution in [3.05, 3.63) is 42.1 Å². The van der Waals surface area contributed by atoms with Gasteiger partial charge in [0.15, 0.2) is 0 Å². The van der Waals surface area contributed by atoms with Crippen molar-refractivity contribution in [1.82, 2.24) is 9.29 Å². The van der Waals surface area contributed by atoms with E-state index in [9.17, 15) is 8.42 Å². The summed E-state index contributed by atoms with van der Waals surface area (Å²) in [4.78, 5) is 0.260. The van der Waals surface area contributed by atoms with Crippen molar-refractivity contribution >= 4 is 10.0 Å². The van der Waals surface area contributed by atoms with Gasteiger partial charge in [-0.3, -0.25) is 0 Å². The zero-order chi connectivity index (χ0) is 15.3. The molecule has 0 fully saturated rings. The smallest absolute Gasteiger partial charge is 0.242 e. The summed E-state index contributed by atoms with van der Waals surface area (Å²) in [5.74, 6) is 0.754. The van der Waals surface area contributed by atoms with E-state index in [1.165, 1.54) is 0 Å². The fraction of sp³-hybridized carbons (Fsp3) is 0.429. The Kier molecular flexibility index (Phi) is 5.22. The van der Waals surface area contributed by atoms with Crippen molar-refractivity contribution in [2.24, 2.45) is 5.73 Å². The van der Waals surface area contributed by atoms with Crippen LogP contribution in [0.1, 0.15) is 24.8 Å². The molecule has 0 amide bonds. The van der Waals surface area contributed by atoms with E-state index in [1.54, 1.807) is 24.6 Å². The molecule has 6 nitrogen and oxygen atoms in total. The third-order valence-corrected chi connectivity index (χ3v) is 4.62. The van der Waals surface area contributed by atoms with E-state index in [1.807, 2.05) is 17.6 Å². The van der Waals surface area contributed by atoms with Crippen LogP contribution in [0.4, 0.5) is 0 Å². The van der Waals surface area contributed by atoms with Gasteiger partial charge in [0.2, 0.25) is 10.0 Å². The first-order valence-electron chi connectivity index (χ1n) is 6.98. The third kappa shape index (κ3) is 3.96. The summed E-state index contributed by atoms with van der Waals surface area (Å²) in [5.41, 5.74) is 6.48. The summed E-state index contributed by atoms with van der Waals surface area (Å²) in [6.45, 7) is 3.42. The van der Waals surface area contributed by atoms with Crippen LogP contribution in [0, 0.1) is 0 Å². The van der Waals surface area contributed by atoms with Gasteiger partial charge in [-0.15, -0.1) is 0 Å². The predicted octanol–water partition coefficient (Wildman–Crippen LogP) is 1.47. The first-order chi connectivity index (χ1) is 10.1. The number of furan rings is 1. The first kappa shape index (κ1) is 15.8. The normalized spacial score (nSPS) is 11.9. The number of nitrogens with two attached hydrogens (primary N) is 1. The van der Waals surface area contributed by atoms with Crippen molar-refractivity contribution in [1.29, 1.82) is 0 Å². The number of sulfonamides is 1. The molecule has 0 aliphatic rings. The van der Waals surface area contributed by atoms with Crippen molar-refractivity contribution in [2.75, 3.05) is 6.54 Å². The Balaban J connectivity index is 2.04. The standard InChI is InChI=1S/C14H21N3O3S/c1-2-7-17-11-14(9-12(17)10-15)21(18,19)16-6-5-13-4-3-8-20-13/h3-4,8-9,11,16H,2,5-7,10,15H2,1H3. The van der Waals surface area contributed by atoms with E-state index in [-0.39, 0.29) is 4.90 Å². The van der Waals surface area contributed by atoms with E-state index in [0.717, 1.165) is 24.4 Å². The van der Waals surface area contributed by atoms with Gasteiger partial charge >= 0.3 is 0 Å². The molecular formula is C14H21N3O3S. The summed E-state index contributed by atoms with van der Waals surface area (Å²) in [6.07, 6.45) is 4.65. The Hall–Kier alpha value is -1.57. The average molecular weight is 311 g/mol. The molecule has 0 spiro atoms. The molecule has 21 heavy (non-hydrogen) atoms. The van der Waals surface area contributed by atoms with Gasteiger partial charge in [0.25, 0.3) is 0 Å². The lowest BCUT2D eigenvalue weighted by Crippen LogP contribution is -2.25. The Labute approximate surface area is 125 Å². The van der Waals surface area contributed by atoms with Crippen molar-refractivity contribution in [3.63, 3.8) is 0 Å². The summed E-state index contributed by atoms with van der Waals surface area (Å²) in [5, 5.41) is 0. The second kappa shape index (κ2) is 6.93. The minimum atomic E-state index is -3.51. The van der Waals surface area contributed by atoms with Gasteiger partial charge in [0.05, 0.1) is 11.2 Å². The highest BCUT2D eigenvalue weighted by atomic mass is 32.2. The summed E-state index contributed by atoms with van der Waals surface area (Å²) in [7, 11) is -3.51. The van der Waals surface area contributed by atoms with Crippen molar-refractivity contribution < 1.29 is 12.8 Å². The molecular weight excluding hydrogens is 290 g/mol. The second-order valence-corrected chi connectivity index (χ2v) is 6.56. The molecule has 2 aromatic rings. The van der Waals surface area contributed by atoms with Crippen LogP contribution in [-0.4, -0.2) is 19.5 Å². The lowest BCUT2D eigenvalue weighted by Gasteiger charge is -2.04. The van der Waals surface area contributed by atoms with E-state index in [4.69, 9.17) is 10.2 Å². The van der Waals surface area contributed by atoms with Crippen LogP contribution in [0.5, 0.6) is 0 Å². The topological polar surface area (TPSA) is 90.3 Å².